The first-order valence-corrected chi connectivity index (χ1v) is 7.25. The summed E-state index contributed by atoms with van der Waals surface area (Å²) in [6, 6.07) is 3.33. The van der Waals surface area contributed by atoms with Gasteiger partial charge >= 0.3 is 5.97 Å². The minimum Gasteiger partial charge on any atom is -0.454 e. The van der Waals surface area contributed by atoms with Crippen LogP contribution in [-0.4, -0.2) is 31.3 Å². The zero-order valence-electron chi connectivity index (χ0n) is 12.5. The Hall–Kier alpha value is -2.47. The molecule has 0 spiro atoms. The van der Waals surface area contributed by atoms with Gasteiger partial charge < -0.3 is 19.5 Å². The summed E-state index contributed by atoms with van der Waals surface area (Å²) in [7, 11) is 0. The molecule has 1 aromatic rings. The molecule has 0 aromatic heterocycles. The number of nitrogens with one attached hydrogen (secondary N) is 1. The summed E-state index contributed by atoms with van der Waals surface area (Å²) in [4.78, 5) is 23.3. The average Bonchev–Trinajstić information content (AvgIpc) is 2.99. The van der Waals surface area contributed by atoms with Crippen molar-refractivity contribution < 1.29 is 23.8 Å². The highest BCUT2D eigenvalue weighted by atomic mass is 35.5. The van der Waals surface area contributed by atoms with E-state index in [1.807, 2.05) is 0 Å². The highest BCUT2D eigenvalue weighted by Crippen LogP contribution is 2.40. The van der Waals surface area contributed by atoms with Gasteiger partial charge in [-0.25, -0.2) is 4.79 Å². The predicted molar refractivity (Wildman–Crippen MR) is 85.4 cm³/mol. The normalized spacial score (nSPS) is 13.7. The second kappa shape index (κ2) is 7.69. The van der Waals surface area contributed by atoms with E-state index >= 15 is 0 Å². The molecule has 0 unspecified atom stereocenters. The number of carbonyl (C=O) groups excluding carboxylic acids is 2. The molecule has 1 aromatic carbocycles. The number of carbonyl (C=O) groups is 2. The van der Waals surface area contributed by atoms with E-state index in [-0.39, 0.29) is 6.79 Å². The fraction of sp³-hybridized carbons (Fsp3) is 0.250. The lowest BCUT2D eigenvalue weighted by atomic mass is 10.2. The van der Waals surface area contributed by atoms with Crippen molar-refractivity contribution in [1.82, 2.24) is 5.32 Å². The number of fused-ring (bicyclic) bond motifs is 1. The summed E-state index contributed by atoms with van der Waals surface area (Å²) >= 11 is 6.05. The molecule has 1 amide bonds. The Morgan fingerprint density at radius 1 is 1.48 bits per heavy atom. The van der Waals surface area contributed by atoms with Crippen LogP contribution in [0.3, 0.4) is 0 Å². The third kappa shape index (κ3) is 4.50. The number of hydrogen-bond acceptors (Lipinski definition) is 5. The van der Waals surface area contributed by atoms with Crippen molar-refractivity contribution in [3.63, 3.8) is 0 Å². The lowest BCUT2D eigenvalue weighted by molar-refractivity contribution is -0.150. The molecule has 6 nitrogen and oxygen atoms in total. The van der Waals surface area contributed by atoms with Gasteiger partial charge in [0.25, 0.3) is 5.91 Å². The Labute approximate surface area is 138 Å². The fourth-order valence-electron chi connectivity index (χ4n) is 1.83. The van der Waals surface area contributed by atoms with Gasteiger partial charge in [-0.2, -0.15) is 0 Å². The van der Waals surface area contributed by atoms with Gasteiger partial charge in [0.05, 0.1) is 5.02 Å². The van der Waals surface area contributed by atoms with Crippen LogP contribution < -0.4 is 14.8 Å². The number of rotatable bonds is 6. The van der Waals surface area contributed by atoms with Crippen molar-refractivity contribution in [2.45, 2.75) is 13.0 Å². The summed E-state index contributed by atoms with van der Waals surface area (Å²) in [6.45, 7) is 5.40. The van der Waals surface area contributed by atoms with Gasteiger partial charge in [-0.15, -0.1) is 6.58 Å². The maximum absolute atomic E-state index is 11.7. The zero-order valence-corrected chi connectivity index (χ0v) is 13.3. The van der Waals surface area contributed by atoms with Crippen molar-refractivity contribution in [3.8, 4) is 11.5 Å². The minimum absolute atomic E-state index is 0.113. The summed E-state index contributed by atoms with van der Waals surface area (Å²) in [5, 5.41) is 2.93. The lowest BCUT2D eigenvalue weighted by Crippen LogP contribution is -2.35. The second-order valence-electron chi connectivity index (χ2n) is 4.68. The van der Waals surface area contributed by atoms with Crippen LogP contribution in [0.15, 0.2) is 30.9 Å². The van der Waals surface area contributed by atoms with Gasteiger partial charge in [-0.1, -0.05) is 17.7 Å². The molecule has 0 saturated heterocycles. The third-order valence-corrected chi connectivity index (χ3v) is 3.22. The van der Waals surface area contributed by atoms with Crippen LogP contribution in [0.1, 0.15) is 12.5 Å². The van der Waals surface area contributed by atoms with Gasteiger partial charge in [0.1, 0.15) is 0 Å². The summed E-state index contributed by atoms with van der Waals surface area (Å²) in [5.41, 5.74) is 0.653. The topological polar surface area (TPSA) is 73.9 Å². The standard InChI is InChI=1S/C16H16ClNO5/c1-3-6-18-16(20)10(2)23-14(19)5-4-11-7-12(17)15-13(8-11)21-9-22-15/h3-5,7-8,10H,1,6,9H2,2H3,(H,18,20)/b5-4+/t10-/m0/s1. The van der Waals surface area contributed by atoms with Crippen LogP contribution >= 0.6 is 11.6 Å². The third-order valence-electron chi connectivity index (χ3n) is 2.94. The van der Waals surface area contributed by atoms with E-state index in [1.54, 1.807) is 12.1 Å². The van der Waals surface area contributed by atoms with Gasteiger partial charge in [0.2, 0.25) is 6.79 Å². The van der Waals surface area contributed by atoms with E-state index < -0.39 is 18.0 Å². The monoisotopic (exact) mass is 337 g/mol. The number of esters is 1. The number of benzene rings is 1. The van der Waals surface area contributed by atoms with E-state index in [2.05, 4.69) is 11.9 Å². The lowest BCUT2D eigenvalue weighted by Gasteiger charge is -2.11. The van der Waals surface area contributed by atoms with Crippen LogP contribution in [0.25, 0.3) is 6.08 Å². The molecule has 1 heterocycles. The van der Waals surface area contributed by atoms with Gasteiger partial charge in [-0.05, 0) is 30.7 Å². The summed E-state index contributed by atoms with van der Waals surface area (Å²) in [6.07, 6.45) is 3.37. The van der Waals surface area contributed by atoms with Crippen LogP contribution in [-0.2, 0) is 14.3 Å². The van der Waals surface area contributed by atoms with Crippen LogP contribution in [0.4, 0.5) is 0 Å². The quantitative estimate of drug-likeness (QED) is 0.490. The zero-order chi connectivity index (χ0) is 16.8. The highest BCUT2D eigenvalue weighted by molar-refractivity contribution is 6.32. The maximum atomic E-state index is 11.7. The Balaban J connectivity index is 1.95. The van der Waals surface area contributed by atoms with Gasteiger partial charge in [0.15, 0.2) is 17.6 Å². The maximum Gasteiger partial charge on any atom is 0.331 e. The Morgan fingerprint density at radius 2 is 2.26 bits per heavy atom. The number of amides is 1. The summed E-state index contributed by atoms with van der Waals surface area (Å²) < 4.78 is 15.4. The molecule has 1 N–H and O–H groups in total. The highest BCUT2D eigenvalue weighted by Gasteiger charge is 2.18. The molecule has 1 aliphatic rings. The van der Waals surface area contributed by atoms with Crippen molar-refractivity contribution >= 4 is 29.6 Å². The minimum atomic E-state index is -0.896. The molecule has 1 aliphatic heterocycles. The first-order chi connectivity index (χ1) is 11.0. The van der Waals surface area contributed by atoms with E-state index in [9.17, 15) is 9.59 Å². The molecule has 122 valence electrons. The average molecular weight is 338 g/mol. The first-order valence-electron chi connectivity index (χ1n) is 6.87. The van der Waals surface area contributed by atoms with Gasteiger partial charge in [0, 0.05) is 12.6 Å². The molecular weight excluding hydrogens is 322 g/mol. The number of halogens is 1. The molecule has 0 radical (unpaired) electrons. The summed E-state index contributed by atoms with van der Waals surface area (Å²) in [5.74, 6) is -0.0283. The first kappa shape index (κ1) is 16.9. The van der Waals surface area contributed by atoms with E-state index in [4.69, 9.17) is 25.8 Å². The predicted octanol–water partition coefficient (Wildman–Crippen LogP) is 2.32. The van der Waals surface area contributed by atoms with Crippen molar-refractivity contribution in [2.24, 2.45) is 0 Å². The van der Waals surface area contributed by atoms with Crippen molar-refractivity contribution in [2.75, 3.05) is 13.3 Å². The molecule has 0 aliphatic carbocycles. The van der Waals surface area contributed by atoms with Crippen LogP contribution in [0.2, 0.25) is 5.02 Å². The molecule has 7 heteroatoms. The van der Waals surface area contributed by atoms with E-state index in [0.29, 0.717) is 28.6 Å². The van der Waals surface area contributed by atoms with E-state index in [1.165, 1.54) is 25.2 Å². The Bertz CT molecular complexity index is 656. The fourth-order valence-corrected chi connectivity index (χ4v) is 2.11. The molecule has 0 fully saturated rings. The SMILES string of the molecule is C=CCNC(=O)[C@H](C)OC(=O)/C=C/c1cc(Cl)c2c(c1)OCO2. The van der Waals surface area contributed by atoms with Crippen molar-refractivity contribution in [3.05, 3.63) is 41.4 Å². The smallest absolute Gasteiger partial charge is 0.331 e. The molecular formula is C16H16ClNO5. The molecule has 0 saturated carbocycles. The largest absolute Gasteiger partial charge is 0.454 e. The Morgan fingerprint density at radius 3 is 3.00 bits per heavy atom. The van der Waals surface area contributed by atoms with Crippen molar-refractivity contribution in [1.29, 1.82) is 0 Å². The Kier molecular flexibility index (Phi) is 5.65. The van der Waals surface area contributed by atoms with Gasteiger partial charge in [-0.3, -0.25) is 4.79 Å². The molecule has 23 heavy (non-hydrogen) atoms. The molecule has 0 bridgehead atoms. The molecule has 2 rings (SSSR count). The second-order valence-corrected chi connectivity index (χ2v) is 5.09. The van der Waals surface area contributed by atoms with Crippen LogP contribution in [0.5, 0.6) is 11.5 Å². The number of hydrogen-bond donors (Lipinski definition) is 1. The van der Waals surface area contributed by atoms with Crippen LogP contribution in [0, 0.1) is 0 Å². The number of ether oxygens (including phenoxy) is 3. The molecule has 1 atom stereocenters. The van der Waals surface area contributed by atoms with E-state index in [0.717, 1.165) is 0 Å².